The Kier molecular flexibility index (Phi) is 5.61. The molecule has 1 aromatic carbocycles. The first-order chi connectivity index (χ1) is 10.0. The number of halogens is 4. The molecule has 6 nitrogen and oxygen atoms in total. The first-order valence-corrected chi connectivity index (χ1v) is 6.30. The van der Waals surface area contributed by atoms with Crippen LogP contribution in [0.2, 0.25) is 5.02 Å². The molecule has 1 atom stereocenters. The van der Waals surface area contributed by atoms with E-state index in [1.54, 1.807) is 23.0 Å². The zero-order valence-electron chi connectivity index (χ0n) is 11.3. The number of phenols is 1. The average molecular weight is 340 g/mol. The molecular formula is C12H13ClF3N3O3. The van der Waals surface area contributed by atoms with E-state index in [2.05, 4.69) is 5.10 Å². The molecule has 1 heterocycles. The van der Waals surface area contributed by atoms with Crippen molar-refractivity contribution in [2.24, 2.45) is 5.73 Å². The van der Waals surface area contributed by atoms with Crippen LogP contribution in [0.15, 0.2) is 18.3 Å². The van der Waals surface area contributed by atoms with Gasteiger partial charge in [-0.15, -0.1) is 0 Å². The van der Waals surface area contributed by atoms with E-state index in [1.165, 1.54) is 0 Å². The van der Waals surface area contributed by atoms with Gasteiger partial charge < -0.3 is 15.9 Å². The Hall–Kier alpha value is -2.00. The number of phenolic OH excluding ortho intramolecular Hbond substituents is 1. The highest BCUT2D eigenvalue weighted by Crippen LogP contribution is 2.31. The second-order valence-corrected chi connectivity index (χ2v) is 4.82. The molecule has 22 heavy (non-hydrogen) atoms. The zero-order chi connectivity index (χ0) is 17.1. The largest absolute Gasteiger partial charge is 0.506 e. The summed E-state index contributed by atoms with van der Waals surface area (Å²) in [5, 5.41) is 22.0. The van der Waals surface area contributed by atoms with E-state index in [0.717, 1.165) is 10.9 Å². The molecule has 0 radical (unpaired) electrons. The molecule has 0 unspecified atom stereocenters. The standard InChI is InChI=1S/C10H12ClN3O.C2HF3O2/c1-6(12)5-14-10-7(4-13-14)2-3-8(15)9(10)11;3-2(4,5)1(6)7/h2-4,6,15H,5,12H2,1H3;(H,6,7)/t6-;/m0./s1. The summed E-state index contributed by atoms with van der Waals surface area (Å²) < 4.78 is 33.4. The number of carboxylic acid groups (broad SMARTS) is 1. The van der Waals surface area contributed by atoms with Crippen LogP contribution in [0.1, 0.15) is 6.92 Å². The smallest absolute Gasteiger partial charge is 0.490 e. The Balaban J connectivity index is 0.000000295. The third-order valence-electron chi connectivity index (χ3n) is 2.42. The number of hydrogen-bond donors (Lipinski definition) is 3. The van der Waals surface area contributed by atoms with Crippen molar-refractivity contribution in [3.8, 4) is 5.75 Å². The number of aromatic nitrogens is 2. The molecule has 2 rings (SSSR count). The predicted molar refractivity (Wildman–Crippen MR) is 73.7 cm³/mol. The van der Waals surface area contributed by atoms with Crippen molar-refractivity contribution < 1.29 is 28.2 Å². The summed E-state index contributed by atoms with van der Waals surface area (Å²) in [6, 6.07) is 3.33. The SMILES string of the molecule is C[C@H](N)Cn1ncc2ccc(O)c(Cl)c21.O=C(O)C(F)(F)F. The van der Waals surface area contributed by atoms with Gasteiger partial charge in [-0.05, 0) is 19.1 Å². The molecule has 0 fully saturated rings. The number of rotatable bonds is 2. The lowest BCUT2D eigenvalue weighted by molar-refractivity contribution is -0.192. The number of nitrogens with zero attached hydrogens (tertiary/aromatic N) is 2. The number of aliphatic carboxylic acids is 1. The predicted octanol–water partition coefficient (Wildman–Crippen LogP) is 2.38. The van der Waals surface area contributed by atoms with E-state index in [0.29, 0.717) is 11.6 Å². The molecule has 0 saturated heterocycles. The summed E-state index contributed by atoms with van der Waals surface area (Å²) in [7, 11) is 0. The molecule has 0 aliphatic carbocycles. The van der Waals surface area contributed by atoms with Crippen LogP contribution in [0.25, 0.3) is 10.9 Å². The summed E-state index contributed by atoms with van der Waals surface area (Å²) in [5.41, 5.74) is 6.43. The topological polar surface area (TPSA) is 101 Å². The fraction of sp³-hybridized carbons (Fsp3) is 0.333. The van der Waals surface area contributed by atoms with Crippen molar-refractivity contribution in [1.29, 1.82) is 0 Å². The molecular weight excluding hydrogens is 327 g/mol. The van der Waals surface area contributed by atoms with Crippen LogP contribution in [0.5, 0.6) is 5.75 Å². The second kappa shape index (κ2) is 6.84. The highest BCUT2D eigenvalue weighted by molar-refractivity contribution is 6.36. The fourth-order valence-corrected chi connectivity index (χ4v) is 1.81. The molecule has 0 aliphatic rings. The van der Waals surface area contributed by atoms with E-state index >= 15 is 0 Å². The van der Waals surface area contributed by atoms with Crippen LogP contribution < -0.4 is 5.73 Å². The van der Waals surface area contributed by atoms with Crippen LogP contribution in [0.4, 0.5) is 13.2 Å². The van der Waals surface area contributed by atoms with Crippen LogP contribution in [0.3, 0.4) is 0 Å². The molecule has 0 saturated carbocycles. The third kappa shape index (κ3) is 4.50. The van der Waals surface area contributed by atoms with Crippen LogP contribution >= 0.6 is 11.6 Å². The number of carboxylic acids is 1. The van der Waals surface area contributed by atoms with Gasteiger partial charge >= 0.3 is 12.1 Å². The van der Waals surface area contributed by atoms with E-state index in [1.807, 2.05) is 6.92 Å². The molecule has 0 aliphatic heterocycles. The molecule has 122 valence electrons. The summed E-state index contributed by atoms with van der Waals surface area (Å²) >= 11 is 6.00. The maximum atomic E-state index is 10.6. The van der Waals surface area contributed by atoms with Gasteiger partial charge in [0.2, 0.25) is 0 Å². The molecule has 10 heteroatoms. The number of fused-ring (bicyclic) bond motifs is 1. The lowest BCUT2D eigenvalue weighted by Crippen LogP contribution is -2.22. The molecule has 0 spiro atoms. The first kappa shape index (κ1) is 18.1. The molecule has 1 aromatic heterocycles. The molecule has 2 aromatic rings. The first-order valence-electron chi connectivity index (χ1n) is 5.92. The number of benzene rings is 1. The fourth-order valence-electron chi connectivity index (χ4n) is 1.54. The number of aromatic hydroxyl groups is 1. The molecule has 0 bridgehead atoms. The van der Waals surface area contributed by atoms with Crippen LogP contribution in [0, 0.1) is 0 Å². The maximum absolute atomic E-state index is 10.6. The van der Waals surface area contributed by atoms with Crippen molar-refractivity contribution in [2.45, 2.75) is 25.7 Å². The zero-order valence-corrected chi connectivity index (χ0v) is 12.1. The van der Waals surface area contributed by atoms with Gasteiger partial charge in [-0.3, -0.25) is 4.68 Å². The highest BCUT2D eigenvalue weighted by Gasteiger charge is 2.38. The lowest BCUT2D eigenvalue weighted by atomic mass is 10.2. The van der Waals surface area contributed by atoms with E-state index < -0.39 is 12.1 Å². The number of carbonyl (C=O) groups is 1. The minimum Gasteiger partial charge on any atom is -0.506 e. The second-order valence-electron chi connectivity index (χ2n) is 4.44. The van der Waals surface area contributed by atoms with E-state index in [-0.39, 0.29) is 11.8 Å². The van der Waals surface area contributed by atoms with Gasteiger partial charge in [0.05, 0.1) is 18.3 Å². The number of alkyl halides is 3. The normalized spacial score (nSPS) is 12.6. The van der Waals surface area contributed by atoms with Crippen molar-refractivity contribution in [3.05, 3.63) is 23.4 Å². The number of hydrogen-bond acceptors (Lipinski definition) is 4. The van der Waals surface area contributed by atoms with Crippen molar-refractivity contribution >= 4 is 28.5 Å². The Morgan fingerprint density at radius 3 is 2.50 bits per heavy atom. The van der Waals surface area contributed by atoms with Crippen molar-refractivity contribution in [2.75, 3.05) is 0 Å². The summed E-state index contributed by atoms with van der Waals surface area (Å²) in [4.78, 5) is 8.90. The van der Waals surface area contributed by atoms with Crippen molar-refractivity contribution in [1.82, 2.24) is 9.78 Å². The monoisotopic (exact) mass is 339 g/mol. The van der Waals surface area contributed by atoms with Gasteiger partial charge in [0.15, 0.2) is 0 Å². The summed E-state index contributed by atoms with van der Waals surface area (Å²) in [5.74, 6) is -2.69. The quantitative estimate of drug-likeness (QED) is 0.779. The Morgan fingerprint density at radius 1 is 1.50 bits per heavy atom. The van der Waals surface area contributed by atoms with Gasteiger partial charge in [0.25, 0.3) is 0 Å². The van der Waals surface area contributed by atoms with Gasteiger partial charge in [0, 0.05) is 11.4 Å². The van der Waals surface area contributed by atoms with Crippen molar-refractivity contribution in [3.63, 3.8) is 0 Å². The minimum absolute atomic E-state index is 0.00786. The molecule has 4 N–H and O–H groups in total. The van der Waals surface area contributed by atoms with Gasteiger partial charge in [-0.2, -0.15) is 18.3 Å². The van der Waals surface area contributed by atoms with Gasteiger partial charge in [-0.25, -0.2) is 4.79 Å². The van der Waals surface area contributed by atoms with E-state index in [9.17, 15) is 18.3 Å². The average Bonchev–Trinajstić information content (AvgIpc) is 2.76. The summed E-state index contributed by atoms with van der Waals surface area (Å²) in [6.07, 6.45) is -3.37. The minimum atomic E-state index is -5.08. The maximum Gasteiger partial charge on any atom is 0.490 e. The lowest BCUT2D eigenvalue weighted by Gasteiger charge is -2.08. The van der Waals surface area contributed by atoms with E-state index in [4.69, 9.17) is 27.2 Å². The van der Waals surface area contributed by atoms with Crippen LogP contribution in [-0.2, 0) is 11.3 Å². The Bertz CT molecular complexity index is 671. The Labute approximate surface area is 127 Å². The highest BCUT2D eigenvalue weighted by atomic mass is 35.5. The number of nitrogens with two attached hydrogens (primary N) is 1. The van der Waals surface area contributed by atoms with Crippen LogP contribution in [-0.4, -0.2) is 38.2 Å². The molecule has 0 amide bonds. The van der Waals surface area contributed by atoms with Gasteiger partial charge in [0.1, 0.15) is 10.8 Å². The third-order valence-corrected chi connectivity index (χ3v) is 2.80. The van der Waals surface area contributed by atoms with Gasteiger partial charge in [-0.1, -0.05) is 11.6 Å². The summed E-state index contributed by atoms with van der Waals surface area (Å²) in [6.45, 7) is 2.47. The Morgan fingerprint density at radius 2 is 2.05 bits per heavy atom.